The number of Topliss-reactive ketones (excluding diaryl/α,β-unsaturated/α-hetero) is 1. The van der Waals surface area contributed by atoms with Crippen LogP contribution in [0.15, 0.2) is 48.5 Å². The number of nitrogens with zero attached hydrogens (tertiary/aromatic N) is 2. The lowest BCUT2D eigenvalue weighted by atomic mass is 9.98. The van der Waals surface area contributed by atoms with E-state index in [2.05, 4.69) is 4.98 Å². The van der Waals surface area contributed by atoms with Gasteiger partial charge in [-0.1, -0.05) is 12.1 Å². The average Bonchev–Trinajstić information content (AvgIpc) is 3.24. The van der Waals surface area contributed by atoms with E-state index in [4.69, 9.17) is 4.74 Å². The van der Waals surface area contributed by atoms with Gasteiger partial charge in [0, 0.05) is 18.2 Å². The molecular formula is C26H24F2N2O4S. The first kappa shape index (κ1) is 24.7. The lowest BCUT2D eigenvalue weighted by molar-refractivity contribution is -0.143. The molecule has 4 rings (SSSR count). The van der Waals surface area contributed by atoms with Crippen molar-refractivity contribution >= 4 is 29.0 Å². The molecule has 1 atom stereocenters. The van der Waals surface area contributed by atoms with Gasteiger partial charge in [-0.15, -0.1) is 11.3 Å². The van der Waals surface area contributed by atoms with Crippen molar-refractivity contribution in [2.75, 3.05) is 13.2 Å². The molecule has 9 heteroatoms. The maximum atomic E-state index is 13.8. The van der Waals surface area contributed by atoms with Gasteiger partial charge in [-0.25, -0.2) is 13.8 Å². The minimum atomic E-state index is -0.593. The maximum absolute atomic E-state index is 13.8. The summed E-state index contributed by atoms with van der Waals surface area (Å²) in [6.07, 6.45) is 2.20. The van der Waals surface area contributed by atoms with Gasteiger partial charge in [-0.2, -0.15) is 0 Å². The highest BCUT2D eigenvalue weighted by Gasteiger charge is 2.32. The Labute approximate surface area is 205 Å². The van der Waals surface area contributed by atoms with E-state index in [-0.39, 0.29) is 23.6 Å². The van der Waals surface area contributed by atoms with Crippen molar-refractivity contribution < 1.29 is 27.9 Å². The van der Waals surface area contributed by atoms with Gasteiger partial charge in [0.15, 0.2) is 12.4 Å². The monoisotopic (exact) mass is 498 g/mol. The molecule has 0 spiro atoms. The largest absolute Gasteiger partial charge is 0.457 e. The Morgan fingerprint density at radius 3 is 2.60 bits per heavy atom. The summed E-state index contributed by atoms with van der Waals surface area (Å²) in [7, 11) is 0. The first-order valence-corrected chi connectivity index (χ1v) is 12.1. The second-order valence-electron chi connectivity index (χ2n) is 8.36. The molecule has 1 fully saturated rings. The van der Waals surface area contributed by atoms with E-state index >= 15 is 0 Å². The summed E-state index contributed by atoms with van der Waals surface area (Å²) in [5, 5.41) is 0.680. The Kier molecular flexibility index (Phi) is 7.65. The molecule has 1 aliphatic heterocycles. The molecule has 182 valence electrons. The zero-order valence-electron chi connectivity index (χ0n) is 19.1. The van der Waals surface area contributed by atoms with Gasteiger partial charge < -0.3 is 9.64 Å². The summed E-state index contributed by atoms with van der Waals surface area (Å²) < 4.78 is 32.0. The summed E-state index contributed by atoms with van der Waals surface area (Å²) in [5.74, 6) is -2.21. The molecule has 0 unspecified atom stereocenters. The number of thiazole rings is 1. The molecular weight excluding hydrogens is 474 g/mol. The van der Waals surface area contributed by atoms with E-state index in [1.54, 1.807) is 24.0 Å². The molecule has 0 saturated carbocycles. The van der Waals surface area contributed by atoms with Crippen molar-refractivity contribution in [1.29, 1.82) is 0 Å². The topological polar surface area (TPSA) is 76.6 Å². The van der Waals surface area contributed by atoms with Crippen LogP contribution >= 0.6 is 11.3 Å². The van der Waals surface area contributed by atoms with Crippen molar-refractivity contribution in [3.8, 4) is 10.4 Å². The molecule has 6 nitrogen and oxygen atoms in total. The molecule has 1 saturated heterocycles. The number of hydrogen-bond acceptors (Lipinski definition) is 6. The van der Waals surface area contributed by atoms with Crippen LogP contribution in [0.3, 0.4) is 0 Å². The fraction of sp³-hybridized carbons (Fsp3) is 0.308. The van der Waals surface area contributed by atoms with Crippen molar-refractivity contribution in [3.63, 3.8) is 0 Å². The lowest BCUT2D eigenvalue weighted by Gasteiger charge is -2.35. The van der Waals surface area contributed by atoms with Gasteiger partial charge >= 0.3 is 5.97 Å². The number of aryl methyl sites for hydroxylation is 1. The Morgan fingerprint density at radius 2 is 1.86 bits per heavy atom. The van der Waals surface area contributed by atoms with E-state index < -0.39 is 36.0 Å². The summed E-state index contributed by atoms with van der Waals surface area (Å²) in [4.78, 5) is 44.9. The quantitative estimate of drug-likeness (QED) is 0.330. The predicted molar refractivity (Wildman–Crippen MR) is 127 cm³/mol. The van der Waals surface area contributed by atoms with Gasteiger partial charge in [0.05, 0.1) is 16.3 Å². The number of esters is 1. The molecule has 1 aromatic heterocycles. The van der Waals surface area contributed by atoms with Crippen molar-refractivity contribution in [2.24, 2.45) is 0 Å². The molecule has 2 heterocycles. The van der Waals surface area contributed by atoms with E-state index in [1.165, 1.54) is 47.7 Å². The minimum Gasteiger partial charge on any atom is -0.457 e. The fourth-order valence-electron chi connectivity index (χ4n) is 4.13. The molecule has 1 aliphatic rings. The van der Waals surface area contributed by atoms with Crippen LogP contribution in [0, 0.1) is 18.6 Å². The van der Waals surface area contributed by atoms with Crippen molar-refractivity contribution in [1.82, 2.24) is 9.88 Å². The number of likely N-dealkylation sites (tertiary alicyclic amines) is 1. The Hall–Kier alpha value is -3.46. The van der Waals surface area contributed by atoms with Crippen LogP contribution in [0.25, 0.3) is 10.4 Å². The third kappa shape index (κ3) is 5.97. The number of carbonyl (C=O) groups is 3. The summed E-state index contributed by atoms with van der Waals surface area (Å²) in [5.41, 5.74) is 1.06. The Morgan fingerprint density at radius 1 is 1.09 bits per heavy atom. The van der Waals surface area contributed by atoms with Crippen LogP contribution < -0.4 is 0 Å². The number of halogens is 2. The standard InChI is InChI=1S/C26H24F2N2O4S/c1-16-29-24(25(35-16)18-5-4-6-20(28)13-18)26(33)30-12-3-2-7-21(30)14-23(32)34-15-22(31)17-8-10-19(27)11-9-17/h4-6,8-11,13,21H,2-3,7,12,14-15H2,1H3/t21-/m1/s1. The molecule has 3 aromatic rings. The number of rotatable bonds is 7. The van der Waals surface area contributed by atoms with Gasteiger partial charge in [-0.05, 0) is 68.1 Å². The van der Waals surface area contributed by atoms with Crippen LogP contribution in [0.5, 0.6) is 0 Å². The van der Waals surface area contributed by atoms with Crippen LogP contribution in [0.2, 0.25) is 0 Å². The predicted octanol–water partition coefficient (Wildman–Crippen LogP) is 5.21. The lowest BCUT2D eigenvalue weighted by Crippen LogP contribution is -2.45. The number of ketones is 1. The van der Waals surface area contributed by atoms with Crippen LogP contribution in [0.4, 0.5) is 8.78 Å². The fourth-order valence-corrected chi connectivity index (χ4v) is 5.04. The number of carbonyl (C=O) groups excluding carboxylic acids is 3. The van der Waals surface area contributed by atoms with Crippen molar-refractivity contribution in [3.05, 3.63) is 76.4 Å². The van der Waals surface area contributed by atoms with Crippen LogP contribution in [-0.4, -0.2) is 46.7 Å². The third-order valence-corrected chi connectivity index (χ3v) is 6.86. The van der Waals surface area contributed by atoms with E-state index in [9.17, 15) is 23.2 Å². The van der Waals surface area contributed by atoms with Gasteiger partial charge in [0.1, 0.15) is 17.3 Å². The molecule has 0 radical (unpaired) electrons. The normalized spacial score (nSPS) is 15.6. The van der Waals surface area contributed by atoms with Gasteiger partial charge in [0.2, 0.25) is 0 Å². The highest BCUT2D eigenvalue weighted by Crippen LogP contribution is 2.33. The zero-order chi connectivity index (χ0) is 24.9. The number of benzene rings is 2. The van der Waals surface area contributed by atoms with E-state index in [1.807, 2.05) is 0 Å². The number of piperidine rings is 1. The van der Waals surface area contributed by atoms with Crippen LogP contribution in [-0.2, 0) is 9.53 Å². The smallest absolute Gasteiger partial charge is 0.308 e. The van der Waals surface area contributed by atoms with Crippen LogP contribution in [0.1, 0.15) is 51.5 Å². The van der Waals surface area contributed by atoms with E-state index in [0.717, 1.165) is 12.8 Å². The molecule has 2 aromatic carbocycles. The molecule has 0 N–H and O–H groups in total. The highest BCUT2D eigenvalue weighted by molar-refractivity contribution is 7.15. The minimum absolute atomic E-state index is 0.0547. The zero-order valence-corrected chi connectivity index (χ0v) is 19.9. The van der Waals surface area contributed by atoms with Gasteiger partial charge in [-0.3, -0.25) is 14.4 Å². The summed E-state index contributed by atoms with van der Waals surface area (Å²) >= 11 is 1.32. The second kappa shape index (κ2) is 10.9. The second-order valence-corrected chi connectivity index (χ2v) is 9.57. The Bertz CT molecular complexity index is 1240. The average molecular weight is 499 g/mol. The molecule has 0 aliphatic carbocycles. The number of ether oxygens (including phenoxy) is 1. The molecule has 1 amide bonds. The summed E-state index contributed by atoms with van der Waals surface area (Å²) in [6.45, 7) is 1.79. The maximum Gasteiger partial charge on any atom is 0.308 e. The summed E-state index contributed by atoms with van der Waals surface area (Å²) in [6, 6.07) is 10.6. The Balaban J connectivity index is 1.44. The number of hydrogen-bond donors (Lipinski definition) is 0. The van der Waals surface area contributed by atoms with Gasteiger partial charge in [0.25, 0.3) is 5.91 Å². The highest BCUT2D eigenvalue weighted by atomic mass is 32.1. The SMILES string of the molecule is Cc1nc(C(=O)N2CCCC[C@@H]2CC(=O)OCC(=O)c2ccc(F)cc2)c(-c2cccc(F)c2)s1. The number of amides is 1. The third-order valence-electron chi connectivity index (χ3n) is 5.84. The van der Waals surface area contributed by atoms with Crippen molar-refractivity contribution in [2.45, 2.75) is 38.6 Å². The first-order valence-electron chi connectivity index (χ1n) is 11.3. The number of aromatic nitrogens is 1. The molecule has 0 bridgehead atoms. The molecule has 35 heavy (non-hydrogen) atoms. The van der Waals surface area contributed by atoms with E-state index in [0.29, 0.717) is 28.4 Å². The first-order chi connectivity index (χ1) is 16.8.